The van der Waals surface area contributed by atoms with Crippen LogP contribution in [0.5, 0.6) is 17.2 Å². The van der Waals surface area contributed by atoms with Gasteiger partial charge in [0.25, 0.3) is 5.91 Å². The van der Waals surface area contributed by atoms with E-state index in [-0.39, 0.29) is 24.8 Å². The average Bonchev–Trinajstić information content (AvgIpc) is 3.32. The summed E-state index contributed by atoms with van der Waals surface area (Å²) in [6, 6.07) is 8.83. The summed E-state index contributed by atoms with van der Waals surface area (Å²) in [5.74, 6) is 1.09. The molecule has 0 bridgehead atoms. The van der Waals surface area contributed by atoms with Crippen molar-refractivity contribution >= 4 is 5.91 Å². The smallest absolute Gasteiger partial charge is 0.273 e. The number of benzene rings is 2. The number of ether oxygens (including phenoxy) is 2. The largest absolute Gasteiger partial charge is 0.507 e. The zero-order valence-corrected chi connectivity index (χ0v) is 19.3. The number of carbonyl (C=O) groups is 1. The molecule has 1 aliphatic heterocycles. The van der Waals surface area contributed by atoms with Gasteiger partial charge in [0.15, 0.2) is 11.5 Å². The van der Waals surface area contributed by atoms with Crippen molar-refractivity contribution < 1.29 is 24.5 Å². The normalized spacial score (nSPS) is 15.1. The maximum atomic E-state index is 13.2. The Labute approximate surface area is 192 Å². The van der Waals surface area contributed by atoms with E-state index in [1.54, 1.807) is 4.90 Å². The Hall–Kier alpha value is -3.52. The molecular formula is C25H29N3O5. The van der Waals surface area contributed by atoms with E-state index in [1.165, 1.54) is 0 Å². The first kappa shape index (κ1) is 22.7. The number of nitrogens with one attached hydrogen (secondary N) is 1. The van der Waals surface area contributed by atoms with Crippen molar-refractivity contribution in [3.63, 3.8) is 0 Å². The van der Waals surface area contributed by atoms with E-state index in [2.05, 4.69) is 10.2 Å². The standard InChI is InChI=1S/C25H29N3O5/c1-5-32-18-8-7-16(13-19(18)33-6-2)23-20-21(17-12-14(3)11-15(4)24(17)30)26-27-22(20)25(31)28(23)9-10-29/h7-8,11-13,23,29-30H,5-6,9-10H2,1-4H3,(H,26,27). The van der Waals surface area contributed by atoms with Crippen LogP contribution in [-0.4, -0.2) is 57.6 Å². The van der Waals surface area contributed by atoms with Crippen LogP contribution in [0.1, 0.15) is 52.6 Å². The predicted octanol–water partition coefficient (Wildman–Crippen LogP) is 3.73. The van der Waals surface area contributed by atoms with Gasteiger partial charge in [-0.25, -0.2) is 0 Å². The highest BCUT2D eigenvalue weighted by Gasteiger charge is 2.42. The Morgan fingerprint density at radius 1 is 1.09 bits per heavy atom. The molecule has 0 fully saturated rings. The lowest BCUT2D eigenvalue weighted by Gasteiger charge is -2.26. The van der Waals surface area contributed by atoms with Crippen LogP contribution in [0.15, 0.2) is 30.3 Å². The van der Waals surface area contributed by atoms with E-state index in [0.29, 0.717) is 47.2 Å². The third-order valence-electron chi connectivity index (χ3n) is 5.79. The van der Waals surface area contributed by atoms with E-state index in [1.807, 2.05) is 58.0 Å². The number of nitrogens with zero attached hydrogens (tertiary/aromatic N) is 2. The number of aliphatic hydroxyl groups is 1. The predicted molar refractivity (Wildman–Crippen MR) is 124 cm³/mol. The molecule has 3 N–H and O–H groups in total. The second-order valence-electron chi connectivity index (χ2n) is 8.04. The molecule has 1 amide bonds. The van der Waals surface area contributed by atoms with Crippen LogP contribution in [0.2, 0.25) is 0 Å². The second kappa shape index (κ2) is 9.15. The minimum Gasteiger partial charge on any atom is -0.507 e. The van der Waals surface area contributed by atoms with E-state index < -0.39 is 6.04 Å². The number of β-amino-alcohol motifs (C(OH)–C–C–N with tert-alkyl or cyclic N) is 1. The third kappa shape index (κ3) is 3.91. The average molecular weight is 452 g/mol. The summed E-state index contributed by atoms with van der Waals surface area (Å²) in [6.45, 7) is 8.52. The zero-order valence-electron chi connectivity index (χ0n) is 19.3. The molecule has 3 aromatic rings. The highest BCUT2D eigenvalue weighted by molar-refractivity contribution is 6.00. The number of aromatic hydroxyl groups is 1. The molecule has 4 rings (SSSR count). The highest BCUT2D eigenvalue weighted by Crippen LogP contribution is 2.46. The molecule has 1 unspecified atom stereocenters. The van der Waals surface area contributed by atoms with Crippen LogP contribution in [0.25, 0.3) is 11.3 Å². The van der Waals surface area contributed by atoms with Gasteiger partial charge in [-0.05, 0) is 62.6 Å². The molecule has 0 saturated carbocycles. The quantitative estimate of drug-likeness (QED) is 0.482. The monoisotopic (exact) mass is 451 g/mol. The van der Waals surface area contributed by atoms with Crippen LogP contribution in [-0.2, 0) is 0 Å². The number of hydrogen-bond donors (Lipinski definition) is 3. The molecule has 8 heteroatoms. The molecule has 8 nitrogen and oxygen atoms in total. The molecule has 2 heterocycles. The van der Waals surface area contributed by atoms with Crippen molar-refractivity contribution in [2.75, 3.05) is 26.4 Å². The summed E-state index contributed by atoms with van der Waals surface area (Å²) < 4.78 is 11.5. The van der Waals surface area contributed by atoms with Crippen molar-refractivity contribution in [3.8, 4) is 28.5 Å². The summed E-state index contributed by atoms with van der Waals surface area (Å²) in [5.41, 5.74) is 4.60. The lowest BCUT2D eigenvalue weighted by atomic mass is 9.94. The topological polar surface area (TPSA) is 108 Å². The fourth-order valence-electron chi connectivity index (χ4n) is 4.47. The van der Waals surface area contributed by atoms with Gasteiger partial charge in [0.05, 0.1) is 25.9 Å². The van der Waals surface area contributed by atoms with Gasteiger partial charge in [0.2, 0.25) is 0 Å². The summed E-state index contributed by atoms with van der Waals surface area (Å²) in [6.07, 6.45) is 0. The van der Waals surface area contributed by atoms with E-state index in [9.17, 15) is 15.0 Å². The number of fused-ring (bicyclic) bond motifs is 1. The summed E-state index contributed by atoms with van der Waals surface area (Å²) >= 11 is 0. The Bertz CT molecular complexity index is 1190. The first-order valence-corrected chi connectivity index (χ1v) is 11.1. The van der Waals surface area contributed by atoms with Crippen molar-refractivity contribution in [3.05, 3.63) is 58.3 Å². The number of rotatable bonds is 8. The number of hydrogen-bond acceptors (Lipinski definition) is 6. The van der Waals surface area contributed by atoms with Crippen LogP contribution >= 0.6 is 0 Å². The molecule has 1 atom stereocenters. The molecule has 1 aromatic heterocycles. The minimum absolute atomic E-state index is 0.128. The Kier molecular flexibility index (Phi) is 6.29. The number of aliphatic hydroxyl groups excluding tert-OH is 1. The molecule has 0 radical (unpaired) electrons. The minimum atomic E-state index is -0.511. The number of aromatic nitrogens is 2. The van der Waals surface area contributed by atoms with Gasteiger partial charge >= 0.3 is 0 Å². The van der Waals surface area contributed by atoms with Crippen molar-refractivity contribution in [2.24, 2.45) is 0 Å². The Balaban J connectivity index is 1.91. The Morgan fingerprint density at radius 3 is 2.52 bits per heavy atom. The second-order valence-corrected chi connectivity index (χ2v) is 8.04. The van der Waals surface area contributed by atoms with Crippen LogP contribution in [0, 0.1) is 13.8 Å². The molecular weight excluding hydrogens is 422 g/mol. The number of aromatic amines is 1. The molecule has 174 valence electrons. The molecule has 0 spiro atoms. The van der Waals surface area contributed by atoms with E-state index >= 15 is 0 Å². The zero-order chi connectivity index (χ0) is 23.7. The lowest BCUT2D eigenvalue weighted by molar-refractivity contribution is 0.0706. The molecule has 0 saturated heterocycles. The third-order valence-corrected chi connectivity index (χ3v) is 5.79. The fourth-order valence-corrected chi connectivity index (χ4v) is 4.47. The van der Waals surface area contributed by atoms with E-state index in [0.717, 1.165) is 16.7 Å². The SMILES string of the molecule is CCOc1ccc(C2c3c(-c4cc(C)cc(C)c4O)n[nH]c3C(=O)N2CCO)cc1OCC. The number of phenolic OH excluding ortho intramolecular Hbond substituents is 1. The van der Waals surface area contributed by atoms with Gasteiger partial charge in [-0.15, -0.1) is 0 Å². The van der Waals surface area contributed by atoms with Crippen LogP contribution in [0.4, 0.5) is 0 Å². The van der Waals surface area contributed by atoms with Gasteiger partial charge in [0.1, 0.15) is 17.1 Å². The summed E-state index contributed by atoms with van der Waals surface area (Å²) in [4.78, 5) is 14.8. The maximum absolute atomic E-state index is 13.2. The fraction of sp³-hybridized carbons (Fsp3) is 0.360. The number of aryl methyl sites for hydroxylation is 2. The number of carbonyl (C=O) groups excluding carboxylic acids is 1. The van der Waals surface area contributed by atoms with Crippen molar-refractivity contribution in [2.45, 2.75) is 33.7 Å². The molecule has 2 aromatic carbocycles. The summed E-state index contributed by atoms with van der Waals surface area (Å²) in [7, 11) is 0. The van der Waals surface area contributed by atoms with Gasteiger partial charge in [-0.2, -0.15) is 5.10 Å². The summed E-state index contributed by atoms with van der Waals surface area (Å²) in [5, 5.41) is 27.8. The van der Waals surface area contributed by atoms with Crippen molar-refractivity contribution in [1.29, 1.82) is 0 Å². The molecule has 0 aliphatic carbocycles. The first-order valence-electron chi connectivity index (χ1n) is 11.1. The van der Waals surface area contributed by atoms with E-state index in [4.69, 9.17) is 9.47 Å². The number of phenols is 1. The lowest BCUT2D eigenvalue weighted by Crippen LogP contribution is -2.32. The molecule has 1 aliphatic rings. The van der Waals surface area contributed by atoms with Gasteiger partial charge in [-0.3, -0.25) is 9.89 Å². The first-order chi connectivity index (χ1) is 15.9. The van der Waals surface area contributed by atoms with Crippen LogP contribution in [0.3, 0.4) is 0 Å². The van der Waals surface area contributed by atoms with Gasteiger partial charge < -0.3 is 24.6 Å². The van der Waals surface area contributed by atoms with Crippen LogP contribution < -0.4 is 9.47 Å². The maximum Gasteiger partial charge on any atom is 0.273 e. The van der Waals surface area contributed by atoms with Gasteiger partial charge in [-0.1, -0.05) is 12.1 Å². The van der Waals surface area contributed by atoms with Crippen molar-refractivity contribution in [1.82, 2.24) is 15.1 Å². The Morgan fingerprint density at radius 2 is 1.82 bits per heavy atom. The number of amides is 1. The number of H-pyrrole nitrogens is 1. The molecule has 33 heavy (non-hydrogen) atoms. The van der Waals surface area contributed by atoms with Gasteiger partial charge in [0, 0.05) is 17.7 Å². The highest BCUT2D eigenvalue weighted by atomic mass is 16.5.